The molecule has 1 amide bonds. The number of aromatic nitrogens is 1. The van der Waals surface area contributed by atoms with Crippen LogP contribution in [0.1, 0.15) is 28.4 Å². The molecule has 0 aliphatic rings. The molecule has 7 heteroatoms. The first-order chi connectivity index (χ1) is 15.7. The van der Waals surface area contributed by atoms with Crippen LogP contribution < -0.4 is 5.32 Å². The number of ketones is 1. The van der Waals surface area contributed by atoms with Crippen molar-refractivity contribution in [2.24, 2.45) is 0 Å². The first-order valence-corrected chi connectivity index (χ1v) is 12.2. The Bertz CT molecular complexity index is 1470. The van der Waals surface area contributed by atoms with Gasteiger partial charge < -0.3 is 9.88 Å². The van der Waals surface area contributed by atoms with Gasteiger partial charge in [0.15, 0.2) is 15.6 Å². The predicted molar refractivity (Wildman–Crippen MR) is 129 cm³/mol. The average Bonchev–Trinajstić information content (AvgIpc) is 3.15. The van der Waals surface area contributed by atoms with E-state index in [1.165, 1.54) is 13.1 Å². The molecule has 3 aromatic carbocycles. The number of carbonyl (C=O) groups is 2. The summed E-state index contributed by atoms with van der Waals surface area (Å²) in [4.78, 5) is 24.5. The maximum atomic E-state index is 13.3. The van der Waals surface area contributed by atoms with Gasteiger partial charge in [0.1, 0.15) is 6.54 Å². The minimum absolute atomic E-state index is 0.0648. The Labute approximate surface area is 192 Å². The topological polar surface area (TPSA) is 85.2 Å². The lowest BCUT2D eigenvalue weighted by Gasteiger charge is -2.08. The maximum Gasteiger partial charge on any atom is 0.244 e. The molecule has 4 rings (SSSR count). The highest BCUT2D eigenvalue weighted by Gasteiger charge is 2.23. The van der Waals surface area contributed by atoms with Crippen LogP contribution in [0.15, 0.2) is 83.9 Å². The molecule has 1 N–H and O–H groups in total. The van der Waals surface area contributed by atoms with Gasteiger partial charge in [-0.1, -0.05) is 54.6 Å². The van der Waals surface area contributed by atoms with E-state index < -0.39 is 9.84 Å². The highest BCUT2D eigenvalue weighted by Crippen LogP contribution is 2.28. The fraction of sp³-hybridized carbons (Fsp3) is 0.154. The summed E-state index contributed by atoms with van der Waals surface area (Å²) < 4.78 is 28.3. The third-order valence-electron chi connectivity index (χ3n) is 5.56. The summed E-state index contributed by atoms with van der Waals surface area (Å²) in [5.74, 6) is -0.525. The van der Waals surface area contributed by atoms with E-state index in [9.17, 15) is 18.0 Å². The Morgan fingerprint density at radius 2 is 1.67 bits per heavy atom. The zero-order chi connectivity index (χ0) is 23.6. The third-order valence-corrected chi connectivity index (χ3v) is 7.25. The molecule has 6 nitrogen and oxygen atoms in total. The fourth-order valence-electron chi connectivity index (χ4n) is 3.82. The van der Waals surface area contributed by atoms with Gasteiger partial charge in [-0.05, 0) is 43.2 Å². The maximum absolute atomic E-state index is 13.3. The lowest BCUT2D eigenvalue weighted by Crippen LogP contribution is -2.18. The van der Waals surface area contributed by atoms with Gasteiger partial charge >= 0.3 is 0 Å². The van der Waals surface area contributed by atoms with Gasteiger partial charge in [0.2, 0.25) is 5.91 Å². The van der Waals surface area contributed by atoms with Gasteiger partial charge in [-0.3, -0.25) is 9.59 Å². The standard InChI is InChI=1S/C26H24N2O4S/c1-18-8-3-4-9-21(18)17-33(31,32)25-15-28(24-13-6-5-12-23(24)25)16-26(30)27-22-11-7-10-20(14-22)19(2)29/h3-15H,16-17H2,1-2H3,(H,27,30). The summed E-state index contributed by atoms with van der Waals surface area (Å²) in [7, 11) is -3.64. The van der Waals surface area contributed by atoms with Gasteiger partial charge in [-0.25, -0.2) is 8.42 Å². The molecule has 168 valence electrons. The Morgan fingerprint density at radius 1 is 0.939 bits per heavy atom. The summed E-state index contributed by atoms with van der Waals surface area (Å²) in [6.45, 7) is 3.29. The third kappa shape index (κ3) is 4.88. The number of nitrogens with zero attached hydrogens (tertiary/aromatic N) is 1. The number of hydrogen-bond donors (Lipinski definition) is 1. The molecule has 0 unspecified atom stereocenters. The largest absolute Gasteiger partial charge is 0.337 e. The van der Waals surface area contributed by atoms with Gasteiger partial charge in [-0.2, -0.15) is 0 Å². The van der Waals surface area contributed by atoms with E-state index in [4.69, 9.17) is 0 Å². The Kier molecular flexibility index (Phi) is 6.16. The van der Waals surface area contributed by atoms with E-state index in [1.807, 2.05) is 37.3 Å². The fourth-order valence-corrected chi connectivity index (χ4v) is 5.50. The molecule has 0 bridgehead atoms. The number of rotatable bonds is 7. The molecule has 33 heavy (non-hydrogen) atoms. The summed E-state index contributed by atoms with van der Waals surface area (Å²) in [6.07, 6.45) is 1.53. The van der Waals surface area contributed by atoms with Crippen LogP contribution in [0.5, 0.6) is 0 Å². The van der Waals surface area contributed by atoms with E-state index in [0.717, 1.165) is 11.1 Å². The van der Waals surface area contributed by atoms with E-state index in [2.05, 4.69) is 5.32 Å². The number of hydrogen-bond acceptors (Lipinski definition) is 4. The van der Waals surface area contributed by atoms with Crippen LogP contribution in [-0.2, 0) is 26.9 Å². The van der Waals surface area contributed by atoms with Crippen LogP contribution in [0, 0.1) is 6.92 Å². The number of Topliss-reactive ketones (excluding diaryl/α,β-unsaturated/α-hetero) is 1. The van der Waals surface area contributed by atoms with Crippen molar-refractivity contribution in [1.29, 1.82) is 0 Å². The van der Waals surface area contributed by atoms with E-state index >= 15 is 0 Å². The van der Waals surface area contributed by atoms with Crippen LogP contribution in [-0.4, -0.2) is 24.7 Å². The van der Waals surface area contributed by atoms with Crippen molar-refractivity contribution in [2.45, 2.75) is 31.0 Å². The molecular formula is C26H24N2O4S. The van der Waals surface area contributed by atoms with Crippen molar-refractivity contribution in [3.63, 3.8) is 0 Å². The SMILES string of the molecule is CC(=O)c1cccc(NC(=O)Cn2cc(S(=O)(=O)Cc3ccccc3C)c3ccccc32)c1. The summed E-state index contributed by atoms with van der Waals surface area (Å²) in [5, 5.41) is 3.37. The van der Waals surface area contributed by atoms with Crippen molar-refractivity contribution in [3.8, 4) is 0 Å². The zero-order valence-electron chi connectivity index (χ0n) is 18.4. The van der Waals surface area contributed by atoms with Gasteiger partial charge in [0.25, 0.3) is 0 Å². The second kappa shape index (κ2) is 9.03. The van der Waals surface area contributed by atoms with Crippen LogP contribution in [0.4, 0.5) is 5.69 Å². The first kappa shape index (κ1) is 22.5. The molecule has 0 saturated carbocycles. The van der Waals surface area contributed by atoms with Crippen LogP contribution in [0.2, 0.25) is 0 Å². The highest BCUT2D eigenvalue weighted by atomic mass is 32.2. The van der Waals surface area contributed by atoms with Crippen molar-refractivity contribution in [1.82, 2.24) is 4.57 Å². The molecule has 1 aromatic heterocycles. The Balaban J connectivity index is 1.63. The second-order valence-electron chi connectivity index (χ2n) is 8.01. The lowest BCUT2D eigenvalue weighted by atomic mass is 10.1. The quantitative estimate of drug-likeness (QED) is 0.403. The van der Waals surface area contributed by atoms with Gasteiger partial charge in [0.05, 0.1) is 10.6 Å². The molecule has 0 aliphatic heterocycles. The molecule has 0 aliphatic carbocycles. The number of nitrogens with one attached hydrogen (secondary N) is 1. The second-order valence-corrected chi connectivity index (χ2v) is 9.97. The number of sulfone groups is 1. The highest BCUT2D eigenvalue weighted by molar-refractivity contribution is 7.90. The molecule has 0 fully saturated rings. The van der Waals surface area contributed by atoms with Gasteiger partial charge in [-0.15, -0.1) is 0 Å². The summed E-state index contributed by atoms with van der Waals surface area (Å²) >= 11 is 0. The zero-order valence-corrected chi connectivity index (χ0v) is 19.2. The van der Waals surface area contributed by atoms with Crippen molar-refractivity contribution >= 4 is 38.1 Å². The van der Waals surface area contributed by atoms with Crippen LogP contribution in [0.3, 0.4) is 0 Å². The molecule has 4 aromatic rings. The van der Waals surface area contributed by atoms with Crippen molar-refractivity contribution in [3.05, 3.63) is 95.7 Å². The van der Waals surface area contributed by atoms with Crippen molar-refractivity contribution < 1.29 is 18.0 Å². The number of carbonyl (C=O) groups excluding carboxylic acids is 2. The number of fused-ring (bicyclic) bond motifs is 1. The summed E-state index contributed by atoms with van der Waals surface area (Å²) in [6, 6.07) is 21.3. The van der Waals surface area contributed by atoms with E-state index in [-0.39, 0.29) is 28.9 Å². The minimum Gasteiger partial charge on any atom is -0.337 e. The number of benzene rings is 3. The summed E-state index contributed by atoms with van der Waals surface area (Å²) in [5.41, 5.74) is 3.34. The molecular weight excluding hydrogens is 436 g/mol. The Morgan fingerprint density at radius 3 is 2.42 bits per heavy atom. The Hall–Kier alpha value is -3.71. The van der Waals surface area contributed by atoms with E-state index in [1.54, 1.807) is 47.0 Å². The molecule has 0 radical (unpaired) electrons. The number of aryl methyl sites for hydroxylation is 1. The molecule has 0 saturated heterocycles. The number of amides is 1. The van der Waals surface area contributed by atoms with Crippen molar-refractivity contribution in [2.75, 3.05) is 5.32 Å². The smallest absolute Gasteiger partial charge is 0.244 e. The molecule has 1 heterocycles. The first-order valence-electron chi connectivity index (χ1n) is 10.5. The molecule has 0 atom stereocenters. The average molecular weight is 461 g/mol. The monoisotopic (exact) mass is 460 g/mol. The number of anilines is 1. The normalized spacial score (nSPS) is 11.5. The number of para-hydroxylation sites is 1. The molecule has 0 spiro atoms. The van der Waals surface area contributed by atoms with Crippen LogP contribution in [0.25, 0.3) is 10.9 Å². The lowest BCUT2D eigenvalue weighted by molar-refractivity contribution is -0.116. The van der Waals surface area contributed by atoms with Gasteiger partial charge in [0, 0.05) is 28.4 Å². The van der Waals surface area contributed by atoms with E-state index in [0.29, 0.717) is 22.2 Å². The predicted octanol–water partition coefficient (Wildman–Crippen LogP) is 4.76. The van der Waals surface area contributed by atoms with Crippen LogP contribution >= 0.6 is 0 Å². The minimum atomic E-state index is -3.64.